The number of aryl methyl sites for hydroxylation is 1. The van der Waals surface area contributed by atoms with Crippen LogP contribution in [0.2, 0.25) is 0 Å². The van der Waals surface area contributed by atoms with E-state index in [0.29, 0.717) is 5.69 Å². The summed E-state index contributed by atoms with van der Waals surface area (Å²) in [5, 5.41) is 6.04. The maximum atomic E-state index is 11.8. The van der Waals surface area contributed by atoms with Crippen LogP contribution in [-0.2, 0) is 10.0 Å². The van der Waals surface area contributed by atoms with Crippen molar-refractivity contribution in [1.82, 2.24) is 15.2 Å². The average molecular weight is 238 g/mol. The van der Waals surface area contributed by atoms with Gasteiger partial charge in [0, 0.05) is 18.1 Å². The molecule has 16 heavy (non-hydrogen) atoms. The molecular formula is C9H10N4O2S. The quantitative estimate of drug-likeness (QED) is 0.832. The molecule has 0 aliphatic carbocycles. The van der Waals surface area contributed by atoms with Gasteiger partial charge in [0.2, 0.25) is 0 Å². The van der Waals surface area contributed by atoms with E-state index in [1.165, 1.54) is 12.4 Å². The Hall–Kier alpha value is -1.89. The Morgan fingerprint density at radius 1 is 1.44 bits per heavy atom. The third-order valence-electron chi connectivity index (χ3n) is 1.93. The van der Waals surface area contributed by atoms with Crippen LogP contribution in [0.1, 0.15) is 5.69 Å². The lowest BCUT2D eigenvalue weighted by Crippen LogP contribution is -2.12. The van der Waals surface area contributed by atoms with Gasteiger partial charge in [0.15, 0.2) is 0 Å². The van der Waals surface area contributed by atoms with Gasteiger partial charge in [-0.05, 0) is 19.1 Å². The van der Waals surface area contributed by atoms with Crippen LogP contribution in [0.4, 0.5) is 5.69 Å². The SMILES string of the molecule is Cc1cc(NS(=O)(=O)c2cn[nH]c2)ccn1. The van der Waals surface area contributed by atoms with Crippen LogP contribution in [-0.4, -0.2) is 23.6 Å². The largest absolute Gasteiger partial charge is 0.284 e. The summed E-state index contributed by atoms with van der Waals surface area (Å²) in [5.74, 6) is 0. The number of H-pyrrole nitrogens is 1. The summed E-state index contributed by atoms with van der Waals surface area (Å²) in [6, 6.07) is 3.24. The number of pyridine rings is 1. The third kappa shape index (κ3) is 2.19. The monoisotopic (exact) mass is 238 g/mol. The third-order valence-corrected chi connectivity index (χ3v) is 3.28. The van der Waals surface area contributed by atoms with Gasteiger partial charge >= 0.3 is 0 Å². The van der Waals surface area contributed by atoms with E-state index >= 15 is 0 Å². The van der Waals surface area contributed by atoms with Crippen molar-refractivity contribution in [3.63, 3.8) is 0 Å². The second-order valence-corrected chi connectivity index (χ2v) is 4.91. The van der Waals surface area contributed by atoms with Crippen LogP contribution in [0, 0.1) is 6.92 Å². The predicted octanol–water partition coefficient (Wildman–Crippen LogP) is 0.914. The fourth-order valence-corrected chi connectivity index (χ4v) is 2.16. The summed E-state index contributed by atoms with van der Waals surface area (Å²) in [5.41, 5.74) is 1.22. The minimum absolute atomic E-state index is 0.0990. The minimum Gasteiger partial charge on any atom is -0.284 e. The average Bonchev–Trinajstić information content (AvgIpc) is 2.69. The molecule has 0 fully saturated rings. The molecule has 0 spiro atoms. The number of nitrogens with zero attached hydrogens (tertiary/aromatic N) is 2. The molecule has 2 aromatic rings. The van der Waals surface area contributed by atoms with E-state index in [1.54, 1.807) is 25.3 Å². The summed E-state index contributed by atoms with van der Waals surface area (Å²) in [6.07, 6.45) is 4.11. The Kier molecular flexibility index (Phi) is 2.61. The Balaban J connectivity index is 2.29. The first-order valence-electron chi connectivity index (χ1n) is 4.52. The molecule has 0 aliphatic heterocycles. The smallest absolute Gasteiger partial charge is 0.265 e. The van der Waals surface area contributed by atoms with E-state index < -0.39 is 10.0 Å². The zero-order chi connectivity index (χ0) is 11.6. The molecule has 7 heteroatoms. The molecule has 2 N–H and O–H groups in total. The van der Waals surface area contributed by atoms with Crippen molar-refractivity contribution < 1.29 is 8.42 Å². The van der Waals surface area contributed by atoms with Crippen molar-refractivity contribution in [2.24, 2.45) is 0 Å². The fraction of sp³-hybridized carbons (Fsp3) is 0.111. The zero-order valence-electron chi connectivity index (χ0n) is 8.51. The van der Waals surface area contributed by atoms with Crippen molar-refractivity contribution in [2.45, 2.75) is 11.8 Å². The fourth-order valence-electron chi connectivity index (χ4n) is 1.21. The van der Waals surface area contributed by atoms with Gasteiger partial charge in [0.25, 0.3) is 10.0 Å². The minimum atomic E-state index is -3.56. The topological polar surface area (TPSA) is 87.7 Å². The zero-order valence-corrected chi connectivity index (χ0v) is 9.32. The second kappa shape index (κ2) is 3.93. The number of nitrogens with one attached hydrogen (secondary N) is 2. The molecule has 0 bridgehead atoms. The summed E-state index contributed by atoms with van der Waals surface area (Å²) in [7, 11) is -3.56. The summed E-state index contributed by atoms with van der Waals surface area (Å²) in [4.78, 5) is 4.08. The molecule has 0 radical (unpaired) electrons. The lowest BCUT2D eigenvalue weighted by molar-refractivity contribution is 0.601. The number of anilines is 1. The normalized spacial score (nSPS) is 11.3. The molecular weight excluding hydrogens is 228 g/mol. The van der Waals surface area contributed by atoms with Gasteiger partial charge in [-0.2, -0.15) is 5.10 Å². The van der Waals surface area contributed by atoms with Crippen molar-refractivity contribution in [2.75, 3.05) is 4.72 Å². The standard InChI is InChI=1S/C9H10N4O2S/c1-7-4-8(2-3-10-7)13-16(14,15)9-5-11-12-6-9/h2-6H,1H3,(H,10,13)(H,11,12). The highest BCUT2D eigenvalue weighted by Crippen LogP contribution is 2.14. The van der Waals surface area contributed by atoms with E-state index in [9.17, 15) is 8.42 Å². The predicted molar refractivity (Wildman–Crippen MR) is 58.4 cm³/mol. The highest BCUT2D eigenvalue weighted by Gasteiger charge is 2.14. The van der Waals surface area contributed by atoms with Gasteiger partial charge in [-0.25, -0.2) is 8.42 Å². The summed E-state index contributed by atoms with van der Waals surface area (Å²) >= 11 is 0. The molecule has 0 aliphatic rings. The van der Waals surface area contributed by atoms with Crippen LogP contribution in [0.5, 0.6) is 0 Å². The van der Waals surface area contributed by atoms with Gasteiger partial charge in [0.1, 0.15) is 4.90 Å². The molecule has 2 rings (SSSR count). The summed E-state index contributed by atoms with van der Waals surface area (Å²) < 4.78 is 26.0. The van der Waals surface area contributed by atoms with Crippen molar-refractivity contribution in [3.05, 3.63) is 36.4 Å². The van der Waals surface area contributed by atoms with Gasteiger partial charge in [0.05, 0.1) is 11.9 Å². The Labute approximate surface area is 92.8 Å². The van der Waals surface area contributed by atoms with E-state index in [0.717, 1.165) is 5.69 Å². The summed E-state index contributed by atoms with van der Waals surface area (Å²) in [6.45, 7) is 1.79. The van der Waals surface area contributed by atoms with Crippen molar-refractivity contribution >= 4 is 15.7 Å². The van der Waals surface area contributed by atoms with Crippen LogP contribution in [0.3, 0.4) is 0 Å². The number of aromatic amines is 1. The molecule has 0 amide bonds. The highest BCUT2D eigenvalue weighted by atomic mass is 32.2. The second-order valence-electron chi connectivity index (χ2n) is 3.23. The molecule has 0 saturated heterocycles. The molecule has 0 atom stereocenters. The van der Waals surface area contributed by atoms with Gasteiger partial charge in [-0.15, -0.1) is 0 Å². The molecule has 84 valence electrons. The van der Waals surface area contributed by atoms with Crippen LogP contribution in [0.15, 0.2) is 35.6 Å². The maximum absolute atomic E-state index is 11.8. The number of rotatable bonds is 3. The lowest BCUT2D eigenvalue weighted by Gasteiger charge is -2.05. The van der Waals surface area contributed by atoms with E-state index in [-0.39, 0.29) is 4.90 Å². The first kappa shape index (κ1) is 10.6. The number of hydrogen-bond donors (Lipinski definition) is 2. The molecule has 0 unspecified atom stereocenters. The van der Waals surface area contributed by atoms with Crippen LogP contribution >= 0.6 is 0 Å². The van der Waals surface area contributed by atoms with Crippen LogP contribution in [0.25, 0.3) is 0 Å². The van der Waals surface area contributed by atoms with Crippen LogP contribution < -0.4 is 4.72 Å². The van der Waals surface area contributed by atoms with Gasteiger partial charge in [-0.3, -0.25) is 14.8 Å². The van der Waals surface area contributed by atoms with E-state index in [4.69, 9.17) is 0 Å². The van der Waals surface area contributed by atoms with Gasteiger partial charge in [-0.1, -0.05) is 0 Å². The number of aromatic nitrogens is 3. The lowest BCUT2D eigenvalue weighted by atomic mass is 10.3. The van der Waals surface area contributed by atoms with Crippen molar-refractivity contribution in [3.8, 4) is 0 Å². The van der Waals surface area contributed by atoms with Crippen molar-refractivity contribution in [1.29, 1.82) is 0 Å². The number of hydrogen-bond acceptors (Lipinski definition) is 4. The molecule has 2 aromatic heterocycles. The Morgan fingerprint density at radius 2 is 2.25 bits per heavy atom. The Bertz CT molecular complexity index is 577. The first-order valence-corrected chi connectivity index (χ1v) is 6.00. The number of sulfonamides is 1. The Morgan fingerprint density at radius 3 is 2.88 bits per heavy atom. The van der Waals surface area contributed by atoms with E-state index in [1.807, 2.05) is 0 Å². The van der Waals surface area contributed by atoms with Gasteiger partial charge < -0.3 is 0 Å². The molecule has 6 nitrogen and oxygen atoms in total. The molecule has 2 heterocycles. The highest BCUT2D eigenvalue weighted by molar-refractivity contribution is 7.92. The maximum Gasteiger partial charge on any atom is 0.265 e. The molecule has 0 saturated carbocycles. The first-order chi connectivity index (χ1) is 7.58. The van der Waals surface area contributed by atoms with E-state index in [2.05, 4.69) is 19.9 Å². The molecule has 0 aromatic carbocycles.